The zero-order valence-corrected chi connectivity index (χ0v) is 34.7. The topological polar surface area (TPSA) is 160 Å². The minimum Gasteiger partial charge on any atom is -0.356 e. The number of hydrogen-bond donors (Lipinski definition) is 2. The molecule has 5 aliphatic rings. The molecular formula is C44H50F2N12O4. The van der Waals surface area contributed by atoms with E-state index >= 15 is 0 Å². The standard InChI is InChI=1S/C44H50F2N12O4/c1-52-38-29(4-2-6-33(38)58(43(52)62)34-11-12-36(59)50-42(34)61)5-3-17-53-20-22-54(23-21-53)25-28-7-9-30(10-8-28)57-26-32(37(51-57)39(45)46)48-41(60)31-24-47-56-18-13-35(49-40(31)56)55-19-16-44(27-55)14-15-44/h2,4,6,13,18,24,26,28,30,34,39H,7-12,14-17,19-23,25,27H2,1H3,(H,48,60)(H,50,59,61)/t28-,30-,34?. The summed E-state index contributed by atoms with van der Waals surface area (Å²) >= 11 is 0. The van der Waals surface area contributed by atoms with Gasteiger partial charge in [-0.1, -0.05) is 17.9 Å². The predicted molar refractivity (Wildman–Crippen MR) is 226 cm³/mol. The number of halogens is 2. The number of benzene rings is 1. The monoisotopic (exact) mass is 848 g/mol. The van der Waals surface area contributed by atoms with Crippen LogP contribution < -0.4 is 21.2 Å². The Hall–Kier alpha value is -5.93. The highest BCUT2D eigenvalue weighted by atomic mass is 19.3. The van der Waals surface area contributed by atoms with Crippen LogP contribution in [0, 0.1) is 23.2 Å². The molecule has 1 spiro atoms. The van der Waals surface area contributed by atoms with Crippen molar-refractivity contribution in [2.24, 2.45) is 18.4 Å². The van der Waals surface area contributed by atoms with E-state index in [1.165, 1.54) is 32.7 Å². The summed E-state index contributed by atoms with van der Waals surface area (Å²) in [7, 11) is 1.68. The second-order valence-corrected chi connectivity index (χ2v) is 17.9. The first-order valence-electron chi connectivity index (χ1n) is 21.8. The summed E-state index contributed by atoms with van der Waals surface area (Å²) < 4.78 is 34.8. The van der Waals surface area contributed by atoms with Gasteiger partial charge in [-0.15, -0.1) is 0 Å². The third-order valence-electron chi connectivity index (χ3n) is 13.9. The van der Waals surface area contributed by atoms with Crippen LogP contribution >= 0.6 is 0 Å². The zero-order valence-electron chi connectivity index (χ0n) is 34.7. The van der Waals surface area contributed by atoms with E-state index in [4.69, 9.17) is 4.98 Å². The van der Waals surface area contributed by atoms with E-state index in [0.29, 0.717) is 40.1 Å². The molecule has 2 saturated carbocycles. The zero-order chi connectivity index (χ0) is 42.7. The predicted octanol–water partition coefficient (Wildman–Crippen LogP) is 4.14. The molecular weight excluding hydrogens is 799 g/mol. The number of carbonyl (C=O) groups is 3. The van der Waals surface area contributed by atoms with Crippen molar-refractivity contribution in [3.63, 3.8) is 0 Å². The van der Waals surface area contributed by atoms with Crippen molar-refractivity contribution < 1.29 is 23.2 Å². The summed E-state index contributed by atoms with van der Waals surface area (Å²) in [6.07, 6.45) is 9.53. The van der Waals surface area contributed by atoms with Crippen LogP contribution in [0.2, 0.25) is 0 Å². The minimum absolute atomic E-state index is 0.00643. The smallest absolute Gasteiger partial charge is 0.329 e. The summed E-state index contributed by atoms with van der Waals surface area (Å²) in [6.45, 7) is 7.04. The molecule has 10 rings (SSSR count). The van der Waals surface area contributed by atoms with Gasteiger partial charge in [0.1, 0.15) is 17.4 Å². The van der Waals surface area contributed by atoms with Gasteiger partial charge in [0.05, 0.1) is 41.1 Å². The molecule has 5 fully saturated rings. The van der Waals surface area contributed by atoms with Gasteiger partial charge < -0.3 is 15.1 Å². The number of piperazine rings is 1. The number of alkyl halides is 2. The fourth-order valence-corrected chi connectivity index (χ4v) is 10.1. The molecule has 1 aromatic carbocycles. The highest BCUT2D eigenvalue weighted by molar-refractivity contribution is 6.08. The average molecular weight is 849 g/mol. The van der Waals surface area contributed by atoms with Crippen molar-refractivity contribution >= 4 is 45.9 Å². The number of imidazole rings is 1. The van der Waals surface area contributed by atoms with Crippen LogP contribution in [0.1, 0.15) is 97.9 Å². The number of anilines is 2. The maximum Gasteiger partial charge on any atom is 0.329 e. The van der Waals surface area contributed by atoms with Gasteiger partial charge in [0, 0.05) is 71.7 Å². The normalized spacial score (nSPS) is 23.0. The summed E-state index contributed by atoms with van der Waals surface area (Å²) in [6, 6.07) is 6.65. The molecule has 0 bridgehead atoms. The number of rotatable bonds is 9. The van der Waals surface area contributed by atoms with E-state index in [1.807, 2.05) is 24.3 Å². The van der Waals surface area contributed by atoms with E-state index in [0.717, 1.165) is 83.7 Å². The molecule has 2 aliphatic carbocycles. The fraction of sp³-hybridized carbons (Fsp3) is 0.523. The number of piperidine rings is 1. The molecule has 1 atom stereocenters. The quantitative estimate of drug-likeness (QED) is 0.163. The molecule has 2 N–H and O–H groups in total. The Kier molecular flexibility index (Phi) is 10.4. The number of imide groups is 1. The summed E-state index contributed by atoms with van der Waals surface area (Å²) in [4.78, 5) is 63.0. The van der Waals surface area contributed by atoms with Gasteiger partial charge in [-0.25, -0.2) is 23.1 Å². The summed E-state index contributed by atoms with van der Waals surface area (Å²) in [5.74, 6) is 6.52. The van der Waals surface area contributed by atoms with Crippen molar-refractivity contribution in [3.05, 3.63) is 70.2 Å². The van der Waals surface area contributed by atoms with Gasteiger partial charge >= 0.3 is 5.69 Å². The number of hydrogen-bond acceptors (Lipinski definition) is 10. The van der Waals surface area contributed by atoms with Crippen molar-refractivity contribution in [1.29, 1.82) is 0 Å². The molecule has 1 unspecified atom stereocenters. The number of amides is 3. The molecule has 18 heteroatoms. The second-order valence-electron chi connectivity index (χ2n) is 17.9. The van der Waals surface area contributed by atoms with E-state index in [2.05, 4.69) is 47.4 Å². The average Bonchev–Trinajstić information content (AvgIpc) is 3.57. The maximum absolute atomic E-state index is 14.3. The number of aryl methyl sites for hydroxylation is 1. The lowest BCUT2D eigenvalue weighted by Crippen LogP contribution is -2.48. The van der Waals surface area contributed by atoms with Crippen LogP contribution in [0.15, 0.2) is 47.7 Å². The van der Waals surface area contributed by atoms with Crippen LogP contribution in [0.5, 0.6) is 0 Å². The molecule has 4 aromatic heterocycles. The van der Waals surface area contributed by atoms with Gasteiger partial charge in [-0.2, -0.15) is 10.2 Å². The Morgan fingerprint density at radius 1 is 1.00 bits per heavy atom. The van der Waals surface area contributed by atoms with Crippen molar-refractivity contribution in [2.45, 2.75) is 76.3 Å². The summed E-state index contributed by atoms with van der Waals surface area (Å²) in [5.41, 5.74) is 2.27. The molecule has 324 valence electrons. The number of aromatic nitrogens is 7. The second kappa shape index (κ2) is 16.1. The van der Waals surface area contributed by atoms with E-state index in [1.54, 1.807) is 24.1 Å². The number of para-hydroxylation sites is 1. The molecule has 3 aliphatic heterocycles. The molecule has 3 saturated heterocycles. The Bertz CT molecular complexity index is 2690. The van der Waals surface area contributed by atoms with Crippen LogP contribution in [0.25, 0.3) is 16.7 Å². The number of nitrogens with zero attached hydrogens (tertiary/aromatic N) is 10. The van der Waals surface area contributed by atoms with Crippen LogP contribution in [0.3, 0.4) is 0 Å². The van der Waals surface area contributed by atoms with Gasteiger partial charge in [0.15, 0.2) is 11.3 Å². The highest BCUT2D eigenvalue weighted by Gasteiger charge is 2.48. The van der Waals surface area contributed by atoms with Crippen LogP contribution in [-0.4, -0.2) is 113 Å². The fourth-order valence-electron chi connectivity index (χ4n) is 10.1. The maximum atomic E-state index is 14.3. The molecule has 5 aromatic rings. The first kappa shape index (κ1) is 40.2. The Morgan fingerprint density at radius 3 is 2.53 bits per heavy atom. The van der Waals surface area contributed by atoms with Crippen molar-refractivity contribution in [1.82, 2.24) is 48.6 Å². The molecule has 7 heterocycles. The minimum atomic E-state index is -2.85. The number of nitrogens with one attached hydrogen (secondary N) is 2. The van der Waals surface area contributed by atoms with Gasteiger partial charge in [-0.05, 0) is 80.9 Å². The van der Waals surface area contributed by atoms with Crippen LogP contribution in [-0.2, 0) is 16.6 Å². The van der Waals surface area contributed by atoms with Gasteiger partial charge in [-0.3, -0.25) is 38.4 Å². The van der Waals surface area contributed by atoms with Gasteiger partial charge in [0.25, 0.3) is 12.3 Å². The highest BCUT2D eigenvalue weighted by Crippen LogP contribution is 2.53. The Balaban J connectivity index is 0.716. The lowest BCUT2D eigenvalue weighted by atomic mass is 9.85. The van der Waals surface area contributed by atoms with E-state index < -0.39 is 30.0 Å². The van der Waals surface area contributed by atoms with E-state index in [-0.39, 0.29) is 41.7 Å². The first-order chi connectivity index (χ1) is 30.0. The largest absolute Gasteiger partial charge is 0.356 e. The Morgan fingerprint density at radius 2 is 1.79 bits per heavy atom. The Labute approximate surface area is 356 Å². The van der Waals surface area contributed by atoms with Crippen LogP contribution in [0.4, 0.5) is 20.3 Å². The summed E-state index contributed by atoms with van der Waals surface area (Å²) in [5, 5.41) is 13.7. The van der Waals surface area contributed by atoms with Gasteiger partial charge in [0.2, 0.25) is 11.8 Å². The molecule has 3 amide bonds. The van der Waals surface area contributed by atoms with Crippen molar-refractivity contribution in [3.8, 4) is 11.8 Å². The third kappa shape index (κ3) is 7.65. The lowest BCUT2D eigenvalue weighted by molar-refractivity contribution is -0.135. The molecule has 0 radical (unpaired) electrons. The number of carbonyl (C=O) groups excluding carboxylic acids is 3. The van der Waals surface area contributed by atoms with Crippen molar-refractivity contribution in [2.75, 3.05) is 62.6 Å². The van der Waals surface area contributed by atoms with E-state index in [9.17, 15) is 28.0 Å². The molecule has 16 nitrogen and oxygen atoms in total. The molecule has 62 heavy (non-hydrogen) atoms. The SMILES string of the molecule is Cn1c(=O)n(C2CCC(=O)NC2=O)c2cccc(C#CCN3CCN(C[C@H]4CC[C@H](n5cc(NC(=O)c6cnn7ccc(N8CCC9(CC9)C8)nc67)c(C(F)F)n5)CC4)CC3)c21. The number of fused-ring (bicyclic) bond motifs is 2. The first-order valence-corrected chi connectivity index (χ1v) is 21.8. The lowest BCUT2D eigenvalue weighted by Gasteiger charge is -2.37. The third-order valence-corrected chi connectivity index (χ3v) is 13.9.